The number of methoxy groups -OCH3 is 1. The Morgan fingerprint density at radius 1 is 1.20 bits per heavy atom. The largest absolute Gasteiger partial charge is 0.465 e. The molecular weight excluding hydrogens is 491 g/mol. The first-order valence-electron chi connectivity index (χ1n) is 10.1. The molecule has 1 N–H and O–H groups in total. The van der Waals surface area contributed by atoms with Crippen LogP contribution in [0.25, 0.3) is 0 Å². The molecule has 0 spiro atoms. The molecule has 1 aromatic carbocycles. The van der Waals surface area contributed by atoms with Crippen LogP contribution in [-0.2, 0) is 17.4 Å². The number of carbonyl (C=O) groups is 1. The number of alkyl halides is 3. The smallest absolute Gasteiger partial charge is 0.422 e. The lowest BCUT2D eigenvalue weighted by Gasteiger charge is -2.37. The van der Waals surface area contributed by atoms with Crippen molar-refractivity contribution < 1.29 is 32.5 Å². The molecule has 0 bridgehead atoms. The van der Waals surface area contributed by atoms with Crippen LogP contribution in [0.3, 0.4) is 0 Å². The van der Waals surface area contributed by atoms with Crippen LogP contribution in [0.4, 0.5) is 13.2 Å². The lowest BCUT2D eigenvalue weighted by atomic mass is 9.78. The highest BCUT2D eigenvalue weighted by Crippen LogP contribution is 2.50. The highest BCUT2D eigenvalue weighted by Gasteiger charge is 2.59. The van der Waals surface area contributed by atoms with Crippen molar-refractivity contribution in [2.24, 2.45) is 7.05 Å². The number of halogens is 4. The molecule has 0 unspecified atom stereocenters. The summed E-state index contributed by atoms with van der Waals surface area (Å²) in [4.78, 5) is 31.2. The molecule has 35 heavy (non-hydrogen) atoms. The predicted octanol–water partition coefficient (Wildman–Crippen LogP) is 4.27. The third-order valence-corrected chi connectivity index (χ3v) is 5.89. The Balaban J connectivity index is 1.96. The fraction of sp³-hybridized carbons (Fsp3) is 0.304. The third kappa shape index (κ3) is 5.01. The Labute approximate surface area is 202 Å². The van der Waals surface area contributed by atoms with E-state index in [1.165, 1.54) is 58.6 Å². The van der Waals surface area contributed by atoms with E-state index in [9.17, 15) is 27.9 Å². The Morgan fingerprint density at radius 3 is 2.34 bits per heavy atom. The molecule has 0 fully saturated rings. The summed E-state index contributed by atoms with van der Waals surface area (Å²) in [6.07, 6.45) is -1.76. The average molecular weight is 512 g/mol. The molecule has 0 amide bonds. The molecule has 3 rings (SSSR count). The monoisotopic (exact) mass is 511 g/mol. The Kier molecular flexibility index (Phi) is 7.23. The van der Waals surface area contributed by atoms with Crippen molar-refractivity contribution in [3.63, 3.8) is 0 Å². The second-order valence-corrected chi connectivity index (χ2v) is 8.25. The number of carbonyl (C=O) groups excluding carboxylic acids is 1. The van der Waals surface area contributed by atoms with E-state index in [1.807, 2.05) is 0 Å². The molecule has 186 valence electrons. The van der Waals surface area contributed by atoms with Crippen molar-refractivity contribution >= 4 is 17.6 Å². The number of aliphatic hydroxyl groups is 1. The molecule has 0 aliphatic heterocycles. The number of rotatable bonds is 6. The predicted molar refractivity (Wildman–Crippen MR) is 120 cm³/mol. The van der Waals surface area contributed by atoms with Crippen LogP contribution in [0.15, 0.2) is 47.7 Å². The van der Waals surface area contributed by atoms with E-state index in [4.69, 9.17) is 16.3 Å². The van der Waals surface area contributed by atoms with Gasteiger partial charge in [-0.2, -0.15) is 13.2 Å². The summed E-state index contributed by atoms with van der Waals surface area (Å²) < 4.78 is 53.7. The first-order chi connectivity index (χ1) is 16.3. The van der Waals surface area contributed by atoms with Gasteiger partial charge in [-0.1, -0.05) is 24.6 Å². The summed E-state index contributed by atoms with van der Waals surface area (Å²) in [5.41, 5.74) is -4.18. The minimum atomic E-state index is -5.09. The molecule has 0 aliphatic rings. The maximum Gasteiger partial charge on any atom is 0.422 e. The maximum absolute atomic E-state index is 14.2. The van der Waals surface area contributed by atoms with Gasteiger partial charge in [0, 0.05) is 47.7 Å². The molecule has 2 heterocycles. The van der Waals surface area contributed by atoms with Gasteiger partial charge in [0.2, 0.25) is 0 Å². The van der Waals surface area contributed by atoms with Crippen LogP contribution >= 0.6 is 11.6 Å². The number of benzene rings is 1. The van der Waals surface area contributed by atoms with Gasteiger partial charge in [-0.25, -0.2) is 14.8 Å². The average Bonchev–Trinajstić information content (AvgIpc) is 2.80. The Bertz CT molecular complexity index is 1280. The van der Waals surface area contributed by atoms with Gasteiger partial charge in [0.05, 0.1) is 12.7 Å². The molecule has 8 nitrogen and oxygen atoms in total. The number of ether oxygens (including phenoxy) is 2. The molecule has 12 heteroatoms. The van der Waals surface area contributed by atoms with Crippen LogP contribution < -0.4 is 10.3 Å². The zero-order chi connectivity index (χ0) is 26.1. The van der Waals surface area contributed by atoms with Crippen LogP contribution in [0, 0.1) is 6.92 Å². The fourth-order valence-electron chi connectivity index (χ4n) is 3.59. The van der Waals surface area contributed by atoms with Gasteiger partial charge in [0.15, 0.2) is 5.60 Å². The van der Waals surface area contributed by atoms with Gasteiger partial charge in [-0.3, -0.25) is 4.79 Å². The highest BCUT2D eigenvalue weighted by atomic mass is 35.5. The summed E-state index contributed by atoms with van der Waals surface area (Å²) in [5.74, 6) is -2.08. The summed E-state index contributed by atoms with van der Waals surface area (Å²) in [6, 6.07) is 4.78. The number of hydrogen-bond acceptors (Lipinski definition) is 7. The summed E-state index contributed by atoms with van der Waals surface area (Å²) in [7, 11) is 2.51. The van der Waals surface area contributed by atoms with Crippen LogP contribution in [0.1, 0.15) is 39.9 Å². The molecule has 2 aromatic heterocycles. The third-order valence-electron chi connectivity index (χ3n) is 5.56. The molecule has 2 atom stereocenters. The van der Waals surface area contributed by atoms with Gasteiger partial charge in [-0.05, 0) is 30.7 Å². The van der Waals surface area contributed by atoms with E-state index in [0.29, 0.717) is 0 Å². The number of hydrogen-bond donors (Lipinski definition) is 1. The van der Waals surface area contributed by atoms with Crippen molar-refractivity contribution in [3.05, 3.63) is 80.5 Å². The Morgan fingerprint density at radius 2 is 1.83 bits per heavy atom. The number of esters is 1. The standard InChI is InChI=1S/C23H21ClF3N3O5/c1-12-7-15(11-30(3)19(12)31)22(33,23(25,26)27)13(2)17-6-5-16(8-18(17)24)35-21-28-9-14(10-29-21)20(32)34-4/h5-11,13,33H,1-4H3/t13-,22-/m0/s1. The lowest BCUT2D eigenvalue weighted by Crippen LogP contribution is -2.47. The maximum atomic E-state index is 14.2. The number of nitrogens with zero attached hydrogens (tertiary/aromatic N) is 3. The molecule has 0 aliphatic carbocycles. The van der Waals surface area contributed by atoms with Gasteiger partial charge in [0.1, 0.15) is 5.75 Å². The van der Waals surface area contributed by atoms with E-state index in [2.05, 4.69) is 14.7 Å². The normalized spacial score (nSPS) is 14.2. The van der Waals surface area contributed by atoms with Crippen molar-refractivity contribution in [2.75, 3.05) is 7.11 Å². The second kappa shape index (κ2) is 9.67. The molecule has 3 aromatic rings. The minimum Gasteiger partial charge on any atom is -0.465 e. The van der Waals surface area contributed by atoms with E-state index in [1.54, 1.807) is 0 Å². The van der Waals surface area contributed by atoms with Gasteiger partial charge >= 0.3 is 18.2 Å². The zero-order valence-electron chi connectivity index (χ0n) is 19.1. The SMILES string of the molecule is COC(=O)c1cnc(Oc2ccc([C@H](C)[C@](O)(c3cc(C)c(=O)n(C)c3)C(F)(F)F)c(Cl)c2)nc1. The number of aromatic nitrogens is 3. The fourth-order valence-corrected chi connectivity index (χ4v) is 3.92. The molecule has 0 radical (unpaired) electrons. The van der Waals surface area contributed by atoms with Crippen LogP contribution in [0.2, 0.25) is 5.02 Å². The van der Waals surface area contributed by atoms with Crippen molar-refractivity contribution in [1.82, 2.24) is 14.5 Å². The molecular formula is C23H21ClF3N3O5. The van der Waals surface area contributed by atoms with E-state index >= 15 is 0 Å². The molecule has 0 saturated carbocycles. The van der Waals surface area contributed by atoms with Gasteiger partial charge in [-0.15, -0.1) is 0 Å². The van der Waals surface area contributed by atoms with Crippen molar-refractivity contribution in [2.45, 2.75) is 31.5 Å². The minimum absolute atomic E-state index is 0.00712. The van der Waals surface area contributed by atoms with Crippen molar-refractivity contribution in [1.29, 1.82) is 0 Å². The van der Waals surface area contributed by atoms with Crippen LogP contribution in [0.5, 0.6) is 11.8 Å². The lowest BCUT2D eigenvalue weighted by molar-refractivity contribution is -0.274. The quantitative estimate of drug-likeness (QED) is 0.493. The first kappa shape index (κ1) is 26.2. The Hall–Kier alpha value is -3.44. The van der Waals surface area contributed by atoms with Gasteiger partial charge in [0.25, 0.3) is 5.56 Å². The second-order valence-electron chi connectivity index (χ2n) is 7.84. The summed E-state index contributed by atoms with van der Waals surface area (Å²) in [5, 5.41) is 10.9. The van der Waals surface area contributed by atoms with Crippen LogP contribution in [-0.4, -0.2) is 38.9 Å². The molecule has 0 saturated heterocycles. The number of pyridine rings is 1. The van der Waals surface area contributed by atoms with E-state index in [-0.39, 0.29) is 33.5 Å². The summed E-state index contributed by atoms with van der Waals surface area (Å²) in [6.45, 7) is 2.55. The number of aryl methyl sites for hydroxylation is 2. The highest BCUT2D eigenvalue weighted by molar-refractivity contribution is 6.31. The van der Waals surface area contributed by atoms with Gasteiger partial charge < -0.3 is 19.1 Å². The van der Waals surface area contributed by atoms with E-state index in [0.717, 1.165) is 16.8 Å². The zero-order valence-corrected chi connectivity index (χ0v) is 19.8. The van der Waals surface area contributed by atoms with E-state index < -0.39 is 34.8 Å². The van der Waals surface area contributed by atoms with Crippen molar-refractivity contribution in [3.8, 4) is 11.8 Å². The summed E-state index contributed by atoms with van der Waals surface area (Å²) >= 11 is 6.29. The topological polar surface area (TPSA) is 104 Å². The first-order valence-corrected chi connectivity index (χ1v) is 10.5.